The molecule has 0 unspecified atom stereocenters. The van der Waals surface area contributed by atoms with E-state index in [1.165, 1.54) is 6.08 Å². The van der Waals surface area contributed by atoms with E-state index in [0.717, 1.165) is 19.4 Å². The minimum Gasteiger partial charge on any atom is -0.351 e. The van der Waals surface area contributed by atoms with Crippen LogP contribution in [0.15, 0.2) is 24.3 Å². The van der Waals surface area contributed by atoms with E-state index in [1.54, 1.807) is 30.1 Å². The quantitative estimate of drug-likeness (QED) is 0.671. The molecule has 0 radical (unpaired) electrons. The fraction of sp³-hybridized carbons (Fsp3) is 0.571. The molecule has 0 aliphatic rings. The van der Waals surface area contributed by atoms with Crippen LogP contribution in [0.5, 0.6) is 0 Å². The molecule has 4 nitrogen and oxygen atoms in total. The van der Waals surface area contributed by atoms with Gasteiger partial charge in [0, 0.05) is 19.6 Å². The first kappa shape index (κ1) is 16.4. The van der Waals surface area contributed by atoms with E-state index in [2.05, 4.69) is 12.2 Å². The van der Waals surface area contributed by atoms with E-state index >= 15 is 0 Å². The molecule has 0 saturated carbocycles. The molecule has 0 heterocycles. The van der Waals surface area contributed by atoms with Crippen molar-refractivity contribution in [2.75, 3.05) is 19.6 Å². The van der Waals surface area contributed by atoms with E-state index in [1.807, 2.05) is 6.92 Å². The molecule has 0 spiro atoms. The summed E-state index contributed by atoms with van der Waals surface area (Å²) in [6, 6.07) is 0. The second kappa shape index (κ2) is 10.6. The molecule has 0 saturated heterocycles. The van der Waals surface area contributed by atoms with E-state index < -0.39 is 0 Å². The second-order valence-electron chi connectivity index (χ2n) is 3.97. The zero-order chi connectivity index (χ0) is 13.8. The minimum absolute atomic E-state index is 0.00577. The summed E-state index contributed by atoms with van der Waals surface area (Å²) in [5.74, 6) is -0.113. The Labute approximate surface area is 110 Å². The van der Waals surface area contributed by atoms with Gasteiger partial charge in [0.25, 0.3) is 0 Å². The van der Waals surface area contributed by atoms with Gasteiger partial charge in [0.2, 0.25) is 11.8 Å². The van der Waals surface area contributed by atoms with Crippen molar-refractivity contribution in [1.82, 2.24) is 10.2 Å². The van der Waals surface area contributed by atoms with Gasteiger partial charge < -0.3 is 10.2 Å². The van der Waals surface area contributed by atoms with Crippen LogP contribution in [0.4, 0.5) is 0 Å². The van der Waals surface area contributed by atoms with Crippen LogP contribution in [0.2, 0.25) is 0 Å². The van der Waals surface area contributed by atoms with Crippen LogP contribution in [0.1, 0.15) is 33.6 Å². The number of allylic oxidation sites excluding steroid dienone is 2. The van der Waals surface area contributed by atoms with Gasteiger partial charge in [-0.3, -0.25) is 9.59 Å². The van der Waals surface area contributed by atoms with E-state index in [0.29, 0.717) is 13.1 Å². The second-order valence-corrected chi connectivity index (χ2v) is 3.97. The summed E-state index contributed by atoms with van der Waals surface area (Å²) in [4.78, 5) is 24.7. The fourth-order valence-corrected chi connectivity index (χ4v) is 1.45. The summed E-state index contributed by atoms with van der Waals surface area (Å²) < 4.78 is 0. The van der Waals surface area contributed by atoms with Crippen LogP contribution in [-0.4, -0.2) is 36.3 Å². The zero-order valence-corrected chi connectivity index (χ0v) is 11.6. The molecule has 0 fully saturated rings. The van der Waals surface area contributed by atoms with Crippen molar-refractivity contribution in [3.8, 4) is 0 Å². The van der Waals surface area contributed by atoms with Crippen LogP contribution in [0.25, 0.3) is 0 Å². The maximum Gasteiger partial charge on any atom is 0.246 e. The number of carbonyl (C=O) groups excluding carboxylic acids is 2. The maximum atomic E-state index is 11.8. The predicted molar refractivity (Wildman–Crippen MR) is 74.1 cm³/mol. The monoisotopic (exact) mass is 252 g/mol. The molecule has 0 aliphatic heterocycles. The van der Waals surface area contributed by atoms with Gasteiger partial charge in [-0.25, -0.2) is 0 Å². The average Bonchev–Trinajstić information content (AvgIpc) is 2.34. The first-order chi connectivity index (χ1) is 8.65. The molecule has 1 N–H and O–H groups in total. The van der Waals surface area contributed by atoms with Crippen molar-refractivity contribution >= 4 is 11.8 Å². The third kappa shape index (κ3) is 7.65. The molecule has 2 amide bonds. The minimum atomic E-state index is -0.119. The van der Waals surface area contributed by atoms with Gasteiger partial charge in [-0.05, 0) is 32.4 Å². The van der Waals surface area contributed by atoms with Crippen LogP contribution in [-0.2, 0) is 9.59 Å². The molecule has 0 aromatic rings. The Bertz CT molecular complexity index is 309. The molecule has 0 rings (SSSR count). The van der Waals surface area contributed by atoms with Gasteiger partial charge in [0.1, 0.15) is 0 Å². The third-order valence-corrected chi connectivity index (χ3v) is 2.40. The van der Waals surface area contributed by atoms with Gasteiger partial charge in [-0.1, -0.05) is 25.5 Å². The van der Waals surface area contributed by atoms with Gasteiger partial charge in [-0.2, -0.15) is 0 Å². The molecular formula is C14H24N2O2. The van der Waals surface area contributed by atoms with Gasteiger partial charge in [-0.15, -0.1) is 0 Å². The first-order valence-electron chi connectivity index (χ1n) is 6.47. The summed E-state index contributed by atoms with van der Waals surface area (Å²) in [7, 11) is 0. The van der Waals surface area contributed by atoms with Crippen LogP contribution < -0.4 is 5.32 Å². The Balaban J connectivity index is 4.15. The predicted octanol–water partition coefficient (Wildman–Crippen LogP) is 1.88. The van der Waals surface area contributed by atoms with Crippen molar-refractivity contribution in [2.24, 2.45) is 0 Å². The molecule has 0 aromatic carbocycles. The van der Waals surface area contributed by atoms with Crippen molar-refractivity contribution in [3.63, 3.8) is 0 Å². The number of carbonyl (C=O) groups is 2. The van der Waals surface area contributed by atoms with E-state index in [4.69, 9.17) is 0 Å². The number of rotatable bonds is 8. The lowest BCUT2D eigenvalue weighted by Gasteiger charge is -2.21. The molecule has 0 atom stereocenters. The number of unbranched alkanes of at least 4 members (excludes halogenated alkanes) is 1. The Morgan fingerprint density at radius 1 is 1.11 bits per heavy atom. The van der Waals surface area contributed by atoms with Crippen molar-refractivity contribution in [3.05, 3.63) is 24.3 Å². The van der Waals surface area contributed by atoms with Crippen LogP contribution in [0, 0.1) is 0 Å². The highest BCUT2D eigenvalue weighted by Crippen LogP contribution is 1.96. The maximum absolute atomic E-state index is 11.8. The summed E-state index contributed by atoms with van der Waals surface area (Å²) >= 11 is 0. The highest BCUT2D eigenvalue weighted by molar-refractivity contribution is 5.88. The van der Waals surface area contributed by atoms with Crippen molar-refractivity contribution < 1.29 is 9.59 Å². The third-order valence-electron chi connectivity index (χ3n) is 2.40. The fourth-order valence-electron chi connectivity index (χ4n) is 1.45. The Morgan fingerprint density at radius 3 is 2.33 bits per heavy atom. The highest BCUT2D eigenvalue weighted by Gasteiger charge is 2.09. The highest BCUT2D eigenvalue weighted by atomic mass is 16.2. The SMILES string of the molecule is CC=CC(=O)NCCN(CCCC)C(=O)C=CC. The average molecular weight is 252 g/mol. The summed E-state index contributed by atoms with van der Waals surface area (Å²) in [5.41, 5.74) is 0. The van der Waals surface area contributed by atoms with Gasteiger partial charge >= 0.3 is 0 Å². The lowest BCUT2D eigenvalue weighted by Crippen LogP contribution is -2.38. The molecule has 18 heavy (non-hydrogen) atoms. The van der Waals surface area contributed by atoms with Crippen molar-refractivity contribution in [2.45, 2.75) is 33.6 Å². The summed E-state index contributed by atoms with van der Waals surface area (Å²) in [5, 5.41) is 2.74. The lowest BCUT2D eigenvalue weighted by atomic mass is 10.3. The molecule has 4 heteroatoms. The Hall–Kier alpha value is -1.58. The number of nitrogens with one attached hydrogen (secondary N) is 1. The van der Waals surface area contributed by atoms with E-state index in [-0.39, 0.29) is 11.8 Å². The Morgan fingerprint density at radius 2 is 1.78 bits per heavy atom. The number of amides is 2. The first-order valence-corrected chi connectivity index (χ1v) is 6.47. The number of hydrogen-bond donors (Lipinski definition) is 1. The van der Waals surface area contributed by atoms with E-state index in [9.17, 15) is 9.59 Å². The zero-order valence-electron chi connectivity index (χ0n) is 11.6. The number of nitrogens with zero attached hydrogens (tertiary/aromatic N) is 1. The lowest BCUT2D eigenvalue weighted by molar-refractivity contribution is -0.126. The molecule has 0 bridgehead atoms. The van der Waals surface area contributed by atoms with Crippen LogP contribution >= 0.6 is 0 Å². The van der Waals surface area contributed by atoms with Gasteiger partial charge in [0.15, 0.2) is 0 Å². The summed E-state index contributed by atoms with van der Waals surface area (Å²) in [6.07, 6.45) is 8.49. The summed E-state index contributed by atoms with van der Waals surface area (Å²) in [6.45, 7) is 7.47. The topological polar surface area (TPSA) is 49.4 Å². The van der Waals surface area contributed by atoms with Crippen LogP contribution in [0.3, 0.4) is 0 Å². The van der Waals surface area contributed by atoms with Crippen molar-refractivity contribution in [1.29, 1.82) is 0 Å². The smallest absolute Gasteiger partial charge is 0.246 e. The largest absolute Gasteiger partial charge is 0.351 e. The molecule has 0 aromatic heterocycles. The molecular weight excluding hydrogens is 228 g/mol. The number of hydrogen-bond acceptors (Lipinski definition) is 2. The standard InChI is InChI=1S/C14H24N2O2/c1-4-7-11-16(14(18)9-6-3)12-10-15-13(17)8-5-2/h5-6,8-9H,4,7,10-12H2,1-3H3,(H,15,17). The normalized spacial score (nSPS) is 11.1. The molecule has 102 valence electrons. The Kier molecular flexibility index (Phi) is 9.64. The van der Waals surface area contributed by atoms with Gasteiger partial charge in [0.05, 0.1) is 0 Å². The molecule has 0 aliphatic carbocycles.